The van der Waals surface area contributed by atoms with Crippen molar-refractivity contribution >= 4 is 28.7 Å². The zero-order chi connectivity index (χ0) is 10.7. The molecule has 3 N–H and O–H groups in total. The van der Waals surface area contributed by atoms with Crippen molar-refractivity contribution in [3.63, 3.8) is 0 Å². The zero-order valence-electron chi connectivity index (χ0n) is 7.94. The molecule has 2 aromatic heterocycles. The Labute approximate surface area is 91.4 Å². The quantitative estimate of drug-likeness (QED) is 0.771. The summed E-state index contributed by atoms with van der Waals surface area (Å²) in [4.78, 5) is 7.90. The monoisotopic (exact) mass is 223 g/mol. The van der Waals surface area contributed by atoms with Gasteiger partial charge in [0.2, 0.25) is 0 Å². The van der Waals surface area contributed by atoms with Crippen molar-refractivity contribution in [3.05, 3.63) is 23.3 Å². The topological polar surface area (TPSA) is 80.5 Å². The fourth-order valence-corrected chi connectivity index (χ4v) is 1.49. The Morgan fingerprint density at radius 1 is 1.47 bits per heavy atom. The fourth-order valence-electron chi connectivity index (χ4n) is 1.26. The van der Waals surface area contributed by atoms with Gasteiger partial charge in [0, 0.05) is 0 Å². The molecule has 0 saturated carbocycles. The summed E-state index contributed by atoms with van der Waals surface area (Å²) in [6, 6.07) is 0. The van der Waals surface area contributed by atoms with Crippen LogP contribution in [-0.4, -0.2) is 26.7 Å². The highest BCUT2D eigenvalue weighted by Gasteiger charge is 2.08. The molecule has 0 aliphatic rings. The standard InChI is InChI=1S/C9H10ClN5/c10-8-7-6(3-1-2-4-11)14-15-9(7)13-5-12-8/h1,3,5H,2,4,11H2,(H,12,13,14,15). The molecule has 0 radical (unpaired) electrons. The Morgan fingerprint density at radius 2 is 2.33 bits per heavy atom. The lowest BCUT2D eigenvalue weighted by Gasteiger charge is -1.92. The molecule has 6 heteroatoms. The minimum atomic E-state index is 0.404. The summed E-state index contributed by atoms with van der Waals surface area (Å²) in [6.45, 7) is 0.618. The van der Waals surface area contributed by atoms with E-state index in [-0.39, 0.29) is 0 Å². The number of nitrogens with zero attached hydrogens (tertiary/aromatic N) is 3. The predicted octanol–water partition coefficient (Wildman–Crippen LogP) is 1.37. The number of aromatic nitrogens is 4. The Bertz CT molecular complexity index is 490. The summed E-state index contributed by atoms with van der Waals surface area (Å²) in [5, 5.41) is 8.01. The van der Waals surface area contributed by atoms with Crippen LogP contribution in [0.25, 0.3) is 17.1 Å². The first-order valence-electron chi connectivity index (χ1n) is 4.54. The Kier molecular flexibility index (Phi) is 2.94. The molecular weight excluding hydrogens is 214 g/mol. The molecule has 2 heterocycles. The van der Waals surface area contributed by atoms with Crippen LogP contribution in [-0.2, 0) is 0 Å². The van der Waals surface area contributed by atoms with Crippen molar-refractivity contribution in [2.75, 3.05) is 6.54 Å². The molecule has 0 spiro atoms. The molecule has 0 atom stereocenters. The number of nitrogens with one attached hydrogen (secondary N) is 1. The highest BCUT2D eigenvalue weighted by Crippen LogP contribution is 2.21. The second kappa shape index (κ2) is 4.37. The lowest BCUT2D eigenvalue weighted by Crippen LogP contribution is -1.95. The summed E-state index contributed by atoms with van der Waals surface area (Å²) in [7, 11) is 0. The second-order valence-electron chi connectivity index (χ2n) is 2.98. The maximum Gasteiger partial charge on any atom is 0.186 e. The maximum absolute atomic E-state index is 5.95. The van der Waals surface area contributed by atoms with Gasteiger partial charge in [0.1, 0.15) is 11.5 Å². The fraction of sp³-hybridized carbons (Fsp3) is 0.222. The normalized spacial score (nSPS) is 11.6. The van der Waals surface area contributed by atoms with Crippen molar-refractivity contribution in [2.45, 2.75) is 6.42 Å². The van der Waals surface area contributed by atoms with Gasteiger partial charge in [0.15, 0.2) is 5.65 Å². The Hall–Kier alpha value is -1.46. The first-order valence-corrected chi connectivity index (χ1v) is 4.92. The van der Waals surface area contributed by atoms with Gasteiger partial charge in [-0.15, -0.1) is 0 Å². The van der Waals surface area contributed by atoms with Crippen molar-refractivity contribution in [1.82, 2.24) is 20.2 Å². The highest BCUT2D eigenvalue weighted by molar-refractivity contribution is 6.34. The molecule has 2 aromatic rings. The van der Waals surface area contributed by atoms with E-state index >= 15 is 0 Å². The number of nitrogens with two attached hydrogens (primary N) is 1. The van der Waals surface area contributed by atoms with Crippen molar-refractivity contribution in [1.29, 1.82) is 0 Å². The van der Waals surface area contributed by atoms with Crippen LogP contribution in [0.5, 0.6) is 0 Å². The zero-order valence-corrected chi connectivity index (χ0v) is 8.70. The third kappa shape index (κ3) is 1.98. The lowest BCUT2D eigenvalue weighted by molar-refractivity contribution is 1.01. The molecule has 0 bridgehead atoms. The van der Waals surface area contributed by atoms with Crippen molar-refractivity contribution < 1.29 is 0 Å². The molecule has 0 unspecified atom stereocenters. The highest BCUT2D eigenvalue weighted by atomic mass is 35.5. The molecule has 0 amide bonds. The second-order valence-corrected chi connectivity index (χ2v) is 3.34. The minimum Gasteiger partial charge on any atom is -0.330 e. The van der Waals surface area contributed by atoms with Crippen molar-refractivity contribution in [3.8, 4) is 0 Å². The van der Waals surface area contributed by atoms with E-state index in [0.29, 0.717) is 17.3 Å². The number of rotatable bonds is 3. The molecule has 5 nitrogen and oxygen atoms in total. The molecule has 0 saturated heterocycles. The number of fused-ring (bicyclic) bond motifs is 1. The van der Waals surface area contributed by atoms with Gasteiger partial charge in [-0.1, -0.05) is 17.7 Å². The van der Waals surface area contributed by atoms with Gasteiger partial charge >= 0.3 is 0 Å². The van der Waals surface area contributed by atoms with Crippen LogP contribution in [0.15, 0.2) is 12.4 Å². The van der Waals surface area contributed by atoms with Gasteiger partial charge in [-0.25, -0.2) is 9.97 Å². The van der Waals surface area contributed by atoms with Gasteiger partial charge in [-0.3, -0.25) is 5.10 Å². The van der Waals surface area contributed by atoms with Gasteiger partial charge in [0.05, 0.1) is 11.1 Å². The maximum atomic E-state index is 5.95. The molecule has 0 aromatic carbocycles. The molecule has 15 heavy (non-hydrogen) atoms. The number of hydrogen-bond acceptors (Lipinski definition) is 4. The number of aromatic amines is 1. The van der Waals surface area contributed by atoms with Crippen LogP contribution in [0.4, 0.5) is 0 Å². The molecule has 0 aliphatic heterocycles. The molecular formula is C9H10ClN5. The van der Waals surface area contributed by atoms with E-state index in [2.05, 4.69) is 20.2 Å². The van der Waals surface area contributed by atoms with Crippen LogP contribution in [0.1, 0.15) is 12.1 Å². The lowest BCUT2D eigenvalue weighted by atomic mass is 10.2. The van der Waals surface area contributed by atoms with Gasteiger partial charge in [-0.05, 0) is 19.0 Å². The Morgan fingerprint density at radius 3 is 3.13 bits per heavy atom. The minimum absolute atomic E-state index is 0.404. The summed E-state index contributed by atoms with van der Waals surface area (Å²) in [5.41, 5.74) is 6.76. The number of H-pyrrole nitrogens is 1. The van der Waals surface area contributed by atoms with Crippen molar-refractivity contribution in [2.24, 2.45) is 5.73 Å². The molecule has 0 aliphatic carbocycles. The van der Waals surface area contributed by atoms with Gasteiger partial charge in [0.25, 0.3) is 0 Å². The largest absolute Gasteiger partial charge is 0.330 e. The van der Waals surface area contributed by atoms with E-state index in [4.69, 9.17) is 17.3 Å². The summed E-state index contributed by atoms with van der Waals surface area (Å²) < 4.78 is 0. The predicted molar refractivity (Wildman–Crippen MR) is 59.4 cm³/mol. The molecule has 78 valence electrons. The smallest absolute Gasteiger partial charge is 0.186 e. The van der Waals surface area contributed by atoms with E-state index in [0.717, 1.165) is 17.5 Å². The van der Waals surface area contributed by atoms with E-state index in [9.17, 15) is 0 Å². The van der Waals surface area contributed by atoms with Gasteiger partial charge in [-0.2, -0.15) is 5.10 Å². The van der Waals surface area contributed by atoms with Crippen LogP contribution < -0.4 is 5.73 Å². The van der Waals surface area contributed by atoms with Crippen LogP contribution in [0.2, 0.25) is 5.15 Å². The van der Waals surface area contributed by atoms with Crippen LogP contribution in [0.3, 0.4) is 0 Å². The third-order valence-corrected chi connectivity index (χ3v) is 2.24. The van der Waals surface area contributed by atoms with E-state index < -0.39 is 0 Å². The first-order chi connectivity index (χ1) is 7.33. The van der Waals surface area contributed by atoms with Crippen LogP contribution >= 0.6 is 11.6 Å². The Balaban J connectivity index is 2.44. The summed E-state index contributed by atoms with van der Waals surface area (Å²) >= 11 is 5.95. The van der Waals surface area contributed by atoms with Crippen LogP contribution in [0, 0.1) is 0 Å². The molecule has 0 fully saturated rings. The number of halogens is 1. The summed E-state index contributed by atoms with van der Waals surface area (Å²) in [6.07, 6.45) is 6.04. The molecule has 2 rings (SSSR count). The van der Waals surface area contributed by atoms with E-state index in [1.165, 1.54) is 6.33 Å². The number of hydrogen-bond donors (Lipinski definition) is 2. The average Bonchev–Trinajstić information content (AvgIpc) is 2.63. The average molecular weight is 224 g/mol. The SMILES string of the molecule is NCCC=Cc1[nH]nc2ncnc(Cl)c12. The summed E-state index contributed by atoms with van der Waals surface area (Å²) in [5.74, 6) is 0. The van der Waals surface area contributed by atoms with E-state index in [1.807, 2.05) is 12.2 Å². The third-order valence-electron chi connectivity index (χ3n) is 1.95. The van der Waals surface area contributed by atoms with Gasteiger partial charge < -0.3 is 5.73 Å². The first kappa shape index (κ1) is 10.1. The van der Waals surface area contributed by atoms with E-state index in [1.54, 1.807) is 0 Å².